The monoisotopic (exact) mass is 511 g/mol. The maximum Gasteiger partial charge on any atom is 0.407 e. The van der Waals surface area contributed by atoms with Crippen LogP contribution in [0.4, 0.5) is 4.79 Å². The molecule has 0 aliphatic rings. The van der Waals surface area contributed by atoms with Crippen molar-refractivity contribution in [3.63, 3.8) is 0 Å². The SMILES string of the molecule is CCOCc1nc2cnc3ccccc3c2n1CC(C)(C)NC(=O)CCCCCNC(=O)OC(C)(C)C. The Kier molecular flexibility index (Phi) is 9.48. The number of unbranched alkanes of at least 4 members (excludes halogenated alkanes) is 2. The van der Waals surface area contributed by atoms with Crippen LogP contribution in [0.25, 0.3) is 21.9 Å². The van der Waals surface area contributed by atoms with Crippen molar-refractivity contribution in [2.75, 3.05) is 13.2 Å². The molecule has 3 aromatic rings. The molecule has 0 atom stereocenters. The van der Waals surface area contributed by atoms with E-state index in [9.17, 15) is 9.59 Å². The predicted octanol–water partition coefficient (Wildman–Crippen LogP) is 5.10. The Bertz CT molecular complexity index is 1210. The molecule has 1 aromatic carbocycles. The van der Waals surface area contributed by atoms with E-state index in [1.54, 1.807) is 6.20 Å². The number of para-hydroxylation sites is 1. The number of carbonyl (C=O) groups is 2. The van der Waals surface area contributed by atoms with Gasteiger partial charge in [0.2, 0.25) is 5.91 Å². The number of alkyl carbamates (subject to hydrolysis) is 1. The third-order valence-electron chi connectivity index (χ3n) is 5.77. The first-order chi connectivity index (χ1) is 17.5. The van der Waals surface area contributed by atoms with Gasteiger partial charge in [-0.1, -0.05) is 24.6 Å². The highest BCUT2D eigenvalue weighted by molar-refractivity contribution is 6.02. The van der Waals surface area contributed by atoms with Crippen LogP contribution < -0.4 is 10.6 Å². The Morgan fingerprint density at radius 2 is 1.78 bits per heavy atom. The minimum Gasteiger partial charge on any atom is -0.444 e. The summed E-state index contributed by atoms with van der Waals surface area (Å²) >= 11 is 0. The van der Waals surface area contributed by atoms with Gasteiger partial charge in [-0.25, -0.2) is 9.78 Å². The van der Waals surface area contributed by atoms with Crippen molar-refractivity contribution in [2.24, 2.45) is 0 Å². The number of carbonyl (C=O) groups excluding carboxylic acids is 2. The van der Waals surface area contributed by atoms with E-state index >= 15 is 0 Å². The van der Waals surface area contributed by atoms with Gasteiger partial charge in [0.1, 0.15) is 23.5 Å². The molecule has 9 nitrogen and oxygen atoms in total. The predicted molar refractivity (Wildman–Crippen MR) is 145 cm³/mol. The molecule has 0 unspecified atom stereocenters. The second-order valence-electron chi connectivity index (χ2n) is 10.9. The quantitative estimate of drug-likeness (QED) is 0.328. The molecular formula is C28H41N5O4. The smallest absolute Gasteiger partial charge is 0.407 e. The van der Waals surface area contributed by atoms with Gasteiger partial charge in [-0.05, 0) is 60.5 Å². The van der Waals surface area contributed by atoms with Crippen LogP contribution in [0.1, 0.15) is 73.1 Å². The summed E-state index contributed by atoms with van der Waals surface area (Å²) in [6.45, 7) is 13.6. The summed E-state index contributed by atoms with van der Waals surface area (Å²) in [5, 5.41) is 6.97. The second kappa shape index (κ2) is 12.4. The van der Waals surface area contributed by atoms with Crippen LogP contribution in [0.2, 0.25) is 0 Å². The van der Waals surface area contributed by atoms with Crippen molar-refractivity contribution in [2.45, 2.75) is 91.5 Å². The maximum atomic E-state index is 12.8. The minimum absolute atomic E-state index is 0.00686. The highest BCUT2D eigenvalue weighted by Crippen LogP contribution is 2.26. The second-order valence-corrected chi connectivity index (χ2v) is 10.9. The van der Waals surface area contributed by atoms with E-state index in [-0.39, 0.29) is 5.91 Å². The fraction of sp³-hybridized carbons (Fsp3) is 0.571. The summed E-state index contributed by atoms with van der Waals surface area (Å²) in [5.41, 5.74) is 1.71. The normalized spacial score (nSPS) is 12.2. The van der Waals surface area contributed by atoms with Gasteiger partial charge in [-0.3, -0.25) is 9.78 Å². The number of ether oxygens (including phenoxy) is 2. The number of hydrogen-bond donors (Lipinski definition) is 2. The number of amides is 2. The molecule has 2 heterocycles. The third kappa shape index (κ3) is 8.42. The zero-order valence-corrected chi connectivity index (χ0v) is 23.0. The standard InChI is InChI=1S/C28H41N5O4/c1-7-36-18-23-31-22-17-30-21-14-11-10-13-20(21)25(22)33(23)19-28(5,6)32-24(34)15-9-8-12-16-29-26(35)37-27(2,3)4/h10-11,13-14,17H,7-9,12,15-16,18-19H2,1-6H3,(H,29,35)(H,32,34). The van der Waals surface area contributed by atoms with Crippen LogP contribution in [0.15, 0.2) is 30.5 Å². The molecule has 0 aliphatic carbocycles. The number of pyridine rings is 1. The van der Waals surface area contributed by atoms with Crippen LogP contribution in [-0.2, 0) is 27.4 Å². The molecule has 0 saturated heterocycles. The molecular weight excluding hydrogens is 470 g/mol. The molecule has 2 amide bonds. The molecule has 202 valence electrons. The number of nitrogens with zero attached hydrogens (tertiary/aromatic N) is 3. The summed E-state index contributed by atoms with van der Waals surface area (Å²) in [6, 6.07) is 8.01. The largest absolute Gasteiger partial charge is 0.444 e. The van der Waals surface area contributed by atoms with Crippen LogP contribution in [-0.4, -0.2) is 50.8 Å². The molecule has 0 fully saturated rings. The molecule has 9 heteroatoms. The van der Waals surface area contributed by atoms with E-state index in [1.807, 2.05) is 59.7 Å². The van der Waals surface area contributed by atoms with Gasteiger partial charge in [0.25, 0.3) is 0 Å². The zero-order chi connectivity index (χ0) is 27.1. The Hall–Kier alpha value is -3.20. The molecule has 0 spiro atoms. The molecule has 0 bridgehead atoms. The van der Waals surface area contributed by atoms with Gasteiger partial charge >= 0.3 is 6.09 Å². The minimum atomic E-state index is -0.508. The fourth-order valence-corrected chi connectivity index (χ4v) is 4.25. The summed E-state index contributed by atoms with van der Waals surface area (Å²) in [7, 11) is 0. The molecule has 0 saturated carbocycles. The van der Waals surface area contributed by atoms with Crippen molar-refractivity contribution in [3.05, 3.63) is 36.3 Å². The van der Waals surface area contributed by atoms with E-state index in [1.165, 1.54) is 0 Å². The van der Waals surface area contributed by atoms with Gasteiger partial charge in [0.15, 0.2) is 0 Å². The highest BCUT2D eigenvalue weighted by Gasteiger charge is 2.25. The van der Waals surface area contributed by atoms with Gasteiger partial charge in [-0.15, -0.1) is 0 Å². The lowest BCUT2D eigenvalue weighted by Crippen LogP contribution is -2.46. The van der Waals surface area contributed by atoms with Crippen molar-refractivity contribution in [1.29, 1.82) is 0 Å². The van der Waals surface area contributed by atoms with E-state index in [2.05, 4.69) is 26.3 Å². The Morgan fingerprint density at radius 1 is 1.03 bits per heavy atom. The first-order valence-electron chi connectivity index (χ1n) is 13.1. The van der Waals surface area contributed by atoms with Crippen LogP contribution in [0.5, 0.6) is 0 Å². The van der Waals surface area contributed by atoms with Gasteiger partial charge in [-0.2, -0.15) is 0 Å². The Labute approximate surface area is 219 Å². The fourth-order valence-electron chi connectivity index (χ4n) is 4.25. The molecule has 3 rings (SSSR count). The lowest BCUT2D eigenvalue weighted by molar-refractivity contribution is -0.122. The summed E-state index contributed by atoms with van der Waals surface area (Å²) in [4.78, 5) is 33.8. The topological polar surface area (TPSA) is 107 Å². The zero-order valence-electron chi connectivity index (χ0n) is 23.0. The van der Waals surface area contributed by atoms with Crippen molar-refractivity contribution in [3.8, 4) is 0 Å². The van der Waals surface area contributed by atoms with Crippen molar-refractivity contribution >= 4 is 33.9 Å². The molecule has 37 heavy (non-hydrogen) atoms. The maximum absolute atomic E-state index is 12.8. The lowest BCUT2D eigenvalue weighted by Gasteiger charge is -2.28. The van der Waals surface area contributed by atoms with Crippen LogP contribution in [0.3, 0.4) is 0 Å². The summed E-state index contributed by atoms with van der Waals surface area (Å²) < 4.78 is 13.1. The average Bonchev–Trinajstić information content (AvgIpc) is 3.15. The van der Waals surface area contributed by atoms with Gasteiger partial charge in [0.05, 0.1) is 22.8 Å². The van der Waals surface area contributed by atoms with Gasteiger partial charge < -0.3 is 24.7 Å². The third-order valence-corrected chi connectivity index (χ3v) is 5.77. The van der Waals surface area contributed by atoms with E-state index < -0.39 is 17.2 Å². The van der Waals surface area contributed by atoms with Crippen molar-refractivity contribution in [1.82, 2.24) is 25.2 Å². The van der Waals surface area contributed by atoms with E-state index in [0.717, 1.165) is 47.0 Å². The number of aromatic nitrogens is 3. The van der Waals surface area contributed by atoms with Crippen LogP contribution >= 0.6 is 0 Å². The molecule has 2 N–H and O–H groups in total. The Morgan fingerprint density at radius 3 is 2.51 bits per heavy atom. The molecule has 0 aliphatic heterocycles. The number of rotatable bonds is 12. The number of fused-ring (bicyclic) bond motifs is 3. The lowest BCUT2D eigenvalue weighted by atomic mass is 10.0. The number of imidazole rings is 1. The van der Waals surface area contributed by atoms with Gasteiger partial charge in [0, 0.05) is 31.5 Å². The van der Waals surface area contributed by atoms with Crippen LogP contribution in [0, 0.1) is 0 Å². The summed E-state index contributed by atoms with van der Waals surface area (Å²) in [5.74, 6) is 0.821. The number of nitrogens with one attached hydrogen (secondary N) is 2. The molecule has 2 aromatic heterocycles. The van der Waals surface area contributed by atoms with Crippen molar-refractivity contribution < 1.29 is 19.1 Å². The number of benzene rings is 1. The Balaban J connectivity index is 1.58. The molecule has 0 radical (unpaired) electrons. The first kappa shape index (κ1) is 28.4. The van der Waals surface area contributed by atoms with E-state index in [0.29, 0.717) is 32.7 Å². The first-order valence-corrected chi connectivity index (χ1v) is 13.1. The summed E-state index contributed by atoms with van der Waals surface area (Å²) in [6.07, 6.45) is 4.20. The van der Waals surface area contributed by atoms with E-state index in [4.69, 9.17) is 14.5 Å². The highest BCUT2D eigenvalue weighted by atomic mass is 16.6. The average molecular weight is 512 g/mol. The number of hydrogen-bond acceptors (Lipinski definition) is 6.